The van der Waals surface area contributed by atoms with Crippen LogP contribution in [0.4, 0.5) is 0 Å². The Hall–Kier alpha value is 0.290. The zero-order chi connectivity index (χ0) is 9.76. The molecular weight excluding hydrogens is 192 g/mol. The minimum absolute atomic E-state index is 0.677. The fraction of sp³-hybridized carbons (Fsp3) is 1.00. The Kier molecular flexibility index (Phi) is 2.13. The van der Waals surface area contributed by atoms with Gasteiger partial charge in [0, 0.05) is 5.88 Å². The number of halogens is 1. The van der Waals surface area contributed by atoms with Crippen LogP contribution in [0.15, 0.2) is 0 Å². The quantitative estimate of drug-likeness (QED) is 0.606. The predicted octanol–water partition coefficient (Wildman–Crippen LogP) is 4.08. The van der Waals surface area contributed by atoms with Crippen molar-refractivity contribution in [1.29, 1.82) is 0 Å². The van der Waals surface area contributed by atoms with Gasteiger partial charge in [0.25, 0.3) is 0 Å². The first-order chi connectivity index (χ1) is 6.72. The highest BCUT2D eigenvalue weighted by Gasteiger charge is 2.52. The molecule has 0 aromatic carbocycles. The summed E-state index contributed by atoms with van der Waals surface area (Å²) in [7, 11) is 0. The van der Waals surface area contributed by atoms with Gasteiger partial charge in [0.1, 0.15) is 0 Å². The maximum absolute atomic E-state index is 6.09. The van der Waals surface area contributed by atoms with Crippen molar-refractivity contribution in [2.45, 2.75) is 45.4 Å². The van der Waals surface area contributed by atoms with Crippen LogP contribution in [-0.4, -0.2) is 5.88 Å². The van der Waals surface area contributed by atoms with E-state index >= 15 is 0 Å². The summed E-state index contributed by atoms with van der Waals surface area (Å²) in [5, 5.41) is 0. The van der Waals surface area contributed by atoms with Crippen molar-refractivity contribution in [3.05, 3.63) is 0 Å². The molecule has 4 aliphatic carbocycles. The first-order valence-electron chi connectivity index (χ1n) is 6.28. The third kappa shape index (κ3) is 1.26. The third-order valence-electron chi connectivity index (χ3n) is 5.36. The van der Waals surface area contributed by atoms with Crippen LogP contribution < -0.4 is 0 Å². The van der Waals surface area contributed by atoms with E-state index in [4.69, 9.17) is 11.6 Å². The average Bonchev–Trinajstić information content (AvgIpc) is 2.14. The van der Waals surface area contributed by atoms with E-state index in [1.165, 1.54) is 19.3 Å². The van der Waals surface area contributed by atoms with E-state index in [-0.39, 0.29) is 0 Å². The largest absolute Gasteiger partial charge is 0.126 e. The fourth-order valence-electron chi connectivity index (χ4n) is 4.94. The maximum Gasteiger partial charge on any atom is 0.0254 e. The van der Waals surface area contributed by atoms with Crippen molar-refractivity contribution in [1.82, 2.24) is 0 Å². The van der Waals surface area contributed by atoms with Gasteiger partial charge in [-0.15, -0.1) is 11.6 Å². The maximum atomic E-state index is 6.09. The molecule has 0 amide bonds. The Morgan fingerprint density at radius 3 is 1.86 bits per heavy atom. The van der Waals surface area contributed by atoms with Crippen molar-refractivity contribution in [3.63, 3.8) is 0 Å². The van der Waals surface area contributed by atoms with Gasteiger partial charge in [-0.05, 0) is 67.6 Å². The second kappa shape index (κ2) is 3.14. The molecule has 0 radical (unpaired) electrons. The zero-order valence-corrected chi connectivity index (χ0v) is 9.89. The van der Waals surface area contributed by atoms with Crippen LogP contribution >= 0.6 is 11.6 Å². The van der Waals surface area contributed by atoms with Gasteiger partial charge >= 0.3 is 0 Å². The number of alkyl halides is 1. The van der Waals surface area contributed by atoms with E-state index in [1.807, 2.05) is 0 Å². The Morgan fingerprint density at radius 2 is 1.50 bits per heavy atom. The van der Waals surface area contributed by atoms with E-state index in [2.05, 4.69) is 6.92 Å². The lowest BCUT2D eigenvalue weighted by molar-refractivity contribution is -0.0781. The molecule has 0 aliphatic heterocycles. The Bertz CT molecular complexity index is 198. The zero-order valence-electron chi connectivity index (χ0n) is 9.14. The SMILES string of the molecule is CC(CCl)C12CC3CC(CC(C3)C1)C2. The average molecular weight is 213 g/mol. The summed E-state index contributed by atoms with van der Waals surface area (Å²) >= 11 is 6.09. The number of hydrogen-bond donors (Lipinski definition) is 0. The highest BCUT2D eigenvalue weighted by molar-refractivity contribution is 6.18. The van der Waals surface area contributed by atoms with E-state index in [9.17, 15) is 0 Å². The summed E-state index contributed by atoms with van der Waals surface area (Å²) in [5.41, 5.74) is 0.677. The van der Waals surface area contributed by atoms with Gasteiger partial charge < -0.3 is 0 Å². The highest BCUT2D eigenvalue weighted by Crippen LogP contribution is 2.62. The van der Waals surface area contributed by atoms with Crippen molar-refractivity contribution in [2.24, 2.45) is 29.1 Å². The van der Waals surface area contributed by atoms with E-state index in [0.717, 1.165) is 29.6 Å². The van der Waals surface area contributed by atoms with Gasteiger partial charge in [-0.3, -0.25) is 0 Å². The van der Waals surface area contributed by atoms with Crippen molar-refractivity contribution in [2.75, 3.05) is 5.88 Å². The molecule has 0 saturated heterocycles. The van der Waals surface area contributed by atoms with Crippen LogP contribution in [0.2, 0.25) is 0 Å². The van der Waals surface area contributed by atoms with Crippen LogP contribution in [0.1, 0.15) is 45.4 Å². The van der Waals surface area contributed by atoms with Gasteiger partial charge in [-0.1, -0.05) is 6.92 Å². The lowest BCUT2D eigenvalue weighted by atomic mass is 9.47. The molecule has 4 saturated carbocycles. The van der Waals surface area contributed by atoms with Crippen LogP contribution in [0.5, 0.6) is 0 Å². The van der Waals surface area contributed by atoms with Gasteiger partial charge in [0.15, 0.2) is 0 Å². The summed E-state index contributed by atoms with van der Waals surface area (Å²) in [6, 6.07) is 0. The molecule has 80 valence electrons. The van der Waals surface area contributed by atoms with Gasteiger partial charge in [-0.2, -0.15) is 0 Å². The normalized spacial score (nSPS) is 52.3. The van der Waals surface area contributed by atoms with Crippen LogP contribution in [-0.2, 0) is 0 Å². The molecule has 1 atom stereocenters. The molecular formula is C13H21Cl. The van der Waals surface area contributed by atoms with Crippen molar-refractivity contribution >= 4 is 11.6 Å². The monoisotopic (exact) mass is 212 g/mol. The first kappa shape index (κ1) is 9.51. The topological polar surface area (TPSA) is 0 Å². The molecule has 4 rings (SSSR count). The van der Waals surface area contributed by atoms with Gasteiger partial charge in [0.2, 0.25) is 0 Å². The summed E-state index contributed by atoms with van der Waals surface area (Å²) in [6.07, 6.45) is 9.17. The third-order valence-corrected chi connectivity index (χ3v) is 5.83. The Labute approximate surface area is 92.4 Å². The second-order valence-corrected chi connectivity index (χ2v) is 6.64. The molecule has 0 nitrogen and oxygen atoms in total. The predicted molar refractivity (Wildman–Crippen MR) is 60.5 cm³/mol. The molecule has 4 fully saturated rings. The molecule has 14 heavy (non-hydrogen) atoms. The minimum atomic E-state index is 0.677. The molecule has 0 heterocycles. The van der Waals surface area contributed by atoms with Crippen LogP contribution in [0.25, 0.3) is 0 Å². The lowest BCUT2D eigenvalue weighted by Crippen LogP contribution is -2.49. The number of hydrogen-bond acceptors (Lipinski definition) is 0. The smallest absolute Gasteiger partial charge is 0.0254 e. The summed E-state index contributed by atoms with van der Waals surface area (Å²) in [6.45, 7) is 2.39. The lowest BCUT2D eigenvalue weighted by Gasteiger charge is -2.59. The van der Waals surface area contributed by atoms with Crippen molar-refractivity contribution < 1.29 is 0 Å². The molecule has 0 N–H and O–H groups in total. The van der Waals surface area contributed by atoms with Crippen molar-refractivity contribution in [3.8, 4) is 0 Å². The fourth-order valence-corrected chi connectivity index (χ4v) is 5.27. The van der Waals surface area contributed by atoms with Gasteiger partial charge in [0.05, 0.1) is 0 Å². The summed E-state index contributed by atoms with van der Waals surface area (Å²) < 4.78 is 0. The molecule has 4 bridgehead atoms. The number of rotatable bonds is 2. The highest BCUT2D eigenvalue weighted by atomic mass is 35.5. The molecule has 1 unspecified atom stereocenters. The summed E-state index contributed by atoms with van der Waals surface area (Å²) in [5.74, 6) is 4.87. The van der Waals surface area contributed by atoms with E-state index in [1.54, 1.807) is 19.3 Å². The minimum Gasteiger partial charge on any atom is -0.126 e. The van der Waals surface area contributed by atoms with Crippen LogP contribution in [0.3, 0.4) is 0 Å². The van der Waals surface area contributed by atoms with E-state index < -0.39 is 0 Å². The molecule has 0 aromatic rings. The Morgan fingerprint density at radius 1 is 1.07 bits per heavy atom. The first-order valence-corrected chi connectivity index (χ1v) is 6.81. The molecule has 4 aliphatic rings. The molecule has 0 aromatic heterocycles. The Balaban J connectivity index is 1.87. The van der Waals surface area contributed by atoms with Crippen LogP contribution in [0, 0.1) is 29.1 Å². The summed E-state index contributed by atoms with van der Waals surface area (Å²) in [4.78, 5) is 0. The van der Waals surface area contributed by atoms with E-state index in [0.29, 0.717) is 5.41 Å². The second-order valence-electron chi connectivity index (χ2n) is 6.34. The molecule has 0 spiro atoms. The standard InChI is InChI=1S/C13H21Cl/c1-9(8-14)13-5-10-2-11(6-13)4-12(3-10)7-13/h9-12H,2-8H2,1H3. The van der Waals surface area contributed by atoms with Gasteiger partial charge in [-0.25, -0.2) is 0 Å². The molecule has 1 heteroatoms.